The maximum Gasteiger partial charge on any atom is 0.326 e. The molecule has 0 aromatic carbocycles. The van der Waals surface area contributed by atoms with Crippen LogP contribution < -0.4 is 5.73 Å². The summed E-state index contributed by atoms with van der Waals surface area (Å²) in [4.78, 5) is 24.1. The molecule has 3 N–H and O–H groups in total. The molecule has 15 heavy (non-hydrogen) atoms. The number of rotatable bonds is 4. The minimum absolute atomic E-state index is 0.221. The van der Waals surface area contributed by atoms with Crippen molar-refractivity contribution in [3.8, 4) is 0 Å². The lowest BCUT2D eigenvalue weighted by Gasteiger charge is -2.24. The third kappa shape index (κ3) is 2.68. The minimum atomic E-state index is -0.926. The zero-order valence-corrected chi connectivity index (χ0v) is 8.98. The fraction of sp³-hybridized carbons (Fsp3) is 0.800. The molecule has 0 radical (unpaired) electrons. The highest BCUT2D eigenvalue weighted by atomic mass is 16.4. The van der Waals surface area contributed by atoms with Gasteiger partial charge in [0.2, 0.25) is 5.91 Å². The molecule has 0 aromatic rings. The van der Waals surface area contributed by atoms with Crippen molar-refractivity contribution >= 4 is 11.9 Å². The highest BCUT2D eigenvalue weighted by Crippen LogP contribution is 2.18. The Morgan fingerprint density at radius 1 is 1.60 bits per heavy atom. The molecule has 0 unspecified atom stereocenters. The summed E-state index contributed by atoms with van der Waals surface area (Å²) in [6.45, 7) is 2.47. The Morgan fingerprint density at radius 2 is 2.27 bits per heavy atom. The summed E-state index contributed by atoms with van der Waals surface area (Å²) in [7, 11) is 0. The fourth-order valence-electron chi connectivity index (χ4n) is 1.93. The van der Waals surface area contributed by atoms with Crippen LogP contribution in [0.4, 0.5) is 0 Å². The number of carbonyl (C=O) groups excluding carboxylic acids is 1. The molecular weight excluding hydrogens is 196 g/mol. The molecule has 1 aliphatic rings. The van der Waals surface area contributed by atoms with Crippen molar-refractivity contribution in [1.82, 2.24) is 4.90 Å². The predicted octanol–water partition coefficient (Wildman–Crippen LogP) is 0.189. The molecule has 0 saturated carbocycles. The Kier molecular flexibility index (Phi) is 4.08. The number of nitrogens with zero attached hydrogens (tertiary/aromatic N) is 1. The van der Waals surface area contributed by atoms with Crippen molar-refractivity contribution in [2.75, 3.05) is 6.54 Å². The molecule has 86 valence electrons. The molecule has 5 heteroatoms. The zero-order chi connectivity index (χ0) is 11.4. The van der Waals surface area contributed by atoms with Crippen molar-refractivity contribution in [2.24, 2.45) is 5.73 Å². The Labute approximate surface area is 89.2 Å². The second-order valence-corrected chi connectivity index (χ2v) is 3.92. The normalized spacial score (nSPS) is 22.8. The molecule has 5 nitrogen and oxygen atoms in total. The second-order valence-electron chi connectivity index (χ2n) is 3.92. The lowest BCUT2D eigenvalue weighted by Crippen LogP contribution is -2.48. The molecule has 1 fully saturated rings. The van der Waals surface area contributed by atoms with Crippen LogP contribution in [0.25, 0.3) is 0 Å². The van der Waals surface area contributed by atoms with E-state index in [1.165, 1.54) is 4.90 Å². The van der Waals surface area contributed by atoms with Crippen molar-refractivity contribution in [3.05, 3.63) is 0 Å². The number of likely N-dealkylation sites (tertiary alicyclic amines) is 1. The maximum atomic E-state index is 11.8. The molecule has 1 rings (SSSR count). The van der Waals surface area contributed by atoms with Crippen molar-refractivity contribution in [2.45, 2.75) is 44.7 Å². The predicted molar refractivity (Wildman–Crippen MR) is 55.3 cm³/mol. The van der Waals surface area contributed by atoms with Crippen LogP contribution in [0, 0.1) is 0 Å². The molecule has 1 heterocycles. The third-order valence-corrected chi connectivity index (χ3v) is 2.74. The van der Waals surface area contributed by atoms with Crippen LogP contribution in [0.15, 0.2) is 0 Å². The van der Waals surface area contributed by atoms with E-state index in [1.807, 2.05) is 6.92 Å². The lowest BCUT2D eigenvalue weighted by molar-refractivity contribution is -0.148. The van der Waals surface area contributed by atoms with Gasteiger partial charge in [-0.15, -0.1) is 0 Å². The SMILES string of the molecule is CCC[C@@H](N)C(=O)N1CCC[C@H]1C(=O)O. The number of carbonyl (C=O) groups is 2. The quantitative estimate of drug-likeness (QED) is 0.699. The third-order valence-electron chi connectivity index (χ3n) is 2.74. The molecule has 0 spiro atoms. The molecule has 1 amide bonds. The largest absolute Gasteiger partial charge is 0.480 e. The number of carboxylic acids is 1. The van der Waals surface area contributed by atoms with Crippen molar-refractivity contribution < 1.29 is 14.7 Å². The number of amides is 1. The summed E-state index contributed by atoms with van der Waals surface area (Å²) in [5, 5.41) is 8.91. The van der Waals surface area contributed by atoms with E-state index in [9.17, 15) is 9.59 Å². The Morgan fingerprint density at radius 3 is 2.80 bits per heavy atom. The Bertz CT molecular complexity index is 255. The van der Waals surface area contributed by atoms with Crippen LogP contribution in [-0.2, 0) is 9.59 Å². The summed E-state index contributed by atoms with van der Waals surface area (Å²) in [5.74, 6) is -1.15. The van der Waals surface area contributed by atoms with Gasteiger partial charge in [-0.05, 0) is 19.3 Å². The average molecular weight is 214 g/mol. The Hall–Kier alpha value is -1.10. The van der Waals surface area contributed by atoms with Crippen LogP contribution >= 0.6 is 0 Å². The first-order chi connectivity index (χ1) is 7.07. The van der Waals surface area contributed by atoms with Gasteiger partial charge in [-0.1, -0.05) is 13.3 Å². The van der Waals surface area contributed by atoms with Crippen LogP contribution in [-0.4, -0.2) is 40.5 Å². The van der Waals surface area contributed by atoms with E-state index in [0.717, 1.165) is 12.8 Å². The number of nitrogens with two attached hydrogens (primary N) is 1. The number of carboxylic acid groups (broad SMARTS) is 1. The van der Waals surface area contributed by atoms with Gasteiger partial charge in [0.25, 0.3) is 0 Å². The van der Waals surface area contributed by atoms with E-state index >= 15 is 0 Å². The second kappa shape index (κ2) is 5.11. The lowest BCUT2D eigenvalue weighted by atomic mass is 10.1. The molecule has 2 atom stereocenters. The summed E-state index contributed by atoms with van der Waals surface area (Å²) in [6.07, 6.45) is 2.74. The van der Waals surface area contributed by atoms with E-state index in [4.69, 9.17) is 10.8 Å². The highest BCUT2D eigenvalue weighted by Gasteiger charge is 2.35. The molecule has 1 aliphatic heterocycles. The maximum absolute atomic E-state index is 11.8. The fourth-order valence-corrected chi connectivity index (χ4v) is 1.93. The van der Waals surface area contributed by atoms with Gasteiger partial charge in [0.1, 0.15) is 6.04 Å². The summed E-state index contributed by atoms with van der Waals surface area (Å²) in [6, 6.07) is -1.21. The van der Waals surface area contributed by atoms with E-state index in [-0.39, 0.29) is 5.91 Å². The smallest absolute Gasteiger partial charge is 0.326 e. The van der Waals surface area contributed by atoms with E-state index in [0.29, 0.717) is 19.4 Å². The van der Waals surface area contributed by atoms with Gasteiger partial charge in [-0.2, -0.15) is 0 Å². The van der Waals surface area contributed by atoms with E-state index in [2.05, 4.69) is 0 Å². The van der Waals surface area contributed by atoms with Gasteiger partial charge in [0.05, 0.1) is 6.04 Å². The molecule has 0 bridgehead atoms. The number of hydrogen-bond acceptors (Lipinski definition) is 3. The molecular formula is C10H18N2O3. The van der Waals surface area contributed by atoms with Crippen LogP contribution in [0.3, 0.4) is 0 Å². The minimum Gasteiger partial charge on any atom is -0.480 e. The monoisotopic (exact) mass is 214 g/mol. The van der Waals surface area contributed by atoms with Gasteiger partial charge in [0, 0.05) is 6.54 Å². The van der Waals surface area contributed by atoms with Crippen LogP contribution in [0.2, 0.25) is 0 Å². The Balaban J connectivity index is 2.62. The summed E-state index contributed by atoms with van der Waals surface area (Å²) in [5.41, 5.74) is 5.69. The zero-order valence-electron chi connectivity index (χ0n) is 8.98. The van der Waals surface area contributed by atoms with Gasteiger partial charge in [-0.3, -0.25) is 4.79 Å². The molecule has 0 aliphatic carbocycles. The standard InChI is InChI=1S/C10H18N2O3/c1-2-4-7(11)9(13)12-6-3-5-8(12)10(14)15/h7-8H,2-6,11H2,1H3,(H,14,15)/t7-,8+/m1/s1. The topological polar surface area (TPSA) is 83.6 Å². The molecule has 1 saturated heterocycles. The van der Waals surface area contributed by atoms with E-state index in [1.54, 1.807) is 0 Å². The summed E-state index contributed by atoms with van der Waals surface area (Å²) >= 11 is 0. The summed E-state index contributed by atoms with van der Waals surface area (Å²) < 4.78 is 0. The first-order valence-electron chi connectivity index (χ1n) is 5.36. The number of hydrogen-bond donors (Lipinski definition) is 2. The average Bonchev–Trinajstić information content (AvgIpc) is 2.65. The number of aliphatic carboxylic acids is 1. The van der Waals surface area contributed by atoms with Crippen molar-refractivity contribution in [3.63, 3.8) is 0 Å². The van der Waals surface area contributed by atoms with Crippen molar-refractivity contribution in [1.29, 1.82) is 0 Å². The van der Waals surface area contributed by atoms with Gasteiger partial charge in [-0.25, -0.2) is 4.79 Å². The van der Waals surface area contributed by atoms with Gasteiger partial charge in [0.15, 0.2) is 0 Å². The van der Waals surface area contributed by atoms with E-state index < -0.39 is 18.1 Å². The molecule has 0 aromatic heterocycles. The first-order valence-corrected chi connectivity index (χ1v) is 5.36. The first kappa shape index (κ1) is 12.0. The van der Waals surface area contributed by atoms with Gasteiger partial charge >= 0.3 is 5.97 Å². The van der Waals surface area contributed by atoms with Gasteiger partial charge < -0.3 is 15.7 Å². The highest BCUT2D eigenvalue weighted by molar-refractivity contribution is 5.87. The van der Waals surface area contributed by atoms with Crippen LogP contribution in [0.5, 0.6) is 0 Å². The van der Waals surface area contributed by atoms with Crippen LogP contribution in [0.1, 0.15) is 32.6 Å².